The number of nitrogens with zero attached hydrogens (tertiary/aromatic N) is 1. The van der Waals surface area contributed by atoms with Crippen LogP contribution in [-0.4, -0.2) is 6.21 Å². The van der Waals surface area contributed by atoms with Gasteiger partial charge in [-0.3, -0.25) is 4.99 Å². The van der Waals surface area contributed by atoms with Crippen molar-refractivity contribution in [2.45, 2.75) is 18.8 Å². The van der Waals surface area contributed by atoms with Gasteiger partial charge in [0.05, 0.1) is 5.69 Å². The number of hydrogen-bond donors (Lipinski definition) is 0. The summed E-state index contributed by atoms with van der Waals surface area (Å²) in [5.74, 6) is 0.481. The Balaban J connectivity index is 0.00000120. The Hall–Kier alpha value is -1.60. The highest BCUT2D eigenvalue weighted by molar-refractivity contribution is 5.85. The van der Waals surface area contributed by atoms with E-state index in [1.54, 1.807) is 0 Å². The van der Waals surface area contributed by atoms with Gasteiger partial charge < -0.3 is 0 Å². The summed E-state index contributed by atoms with van der Waals surface area (Å²) in [6.07, 6.45) is 4.24. The monoisotopic (exact) mass is 257 g/mol. The van der Waals surface area contributed by atoms with Crippen LogP contribution in [0.2, 0.25) is 0 Å². The van der Waals surface area contributed by atoms with Crippen LogP contribution >= 0.6 is 12.4 Å². The summed E-state index contributed by atoms with van der Waals surface area (Å²) in [5.41, 5.74) is 3.87. The molecule has 1 nitrogen and oxygen atoms in total. The molecule has 1 heterocycles. The quantitative estimate of drug-likeness (QED) is 0.700. The van der Waals surface area contributed by atoms with Gasteiger partial charge in [0.2, 0.25) is 0 Å². The summed E-state index contributed by atoms with van der Waals surface area (Å²) < 4.78 is 0. The van der Waals surface area contributed by atoms with Gasteiger partial charge in [-0.1, -0.05) is 48.5 Å². The first-order valence-corrected chi connectivity index (χ1v) is 6.11. The number of benzene rings is 2. The van der Waals surface area contributed by atoms with Gasteiger partial charge in [0.25, 0.3) is 0 Å². The lowest BCUT2D eigenvalue weighted by molar-refractivity contribution is 0.756. The van der Waals surface area contributed by atoms with Crippen LogP contribution in [0.4, 0.5) is 5.69 Å². The van der Waals surface area contributed by atoms with E-state index < -0.39 is 0 Å². The minimum absolute atomic E-state index is 0. The van der Waals surface area contributed by atoms with E-state index in [0.717, 1.165) is 18.5 Å². The lowest BCUT2D eigenvalue weighted by Crippen LogP contribution is -2.00. The number of hydrogen-bond acceptors (Lipinski definition) is 1. The second-order valence-electron chi connectivity index (χ2n) is 4.41. The van der Waals surface area contributed by atoms with Crippen LogP contribution in [0.15, 0.2) is 59.6 Å². The molecule has 0 radical (unpaired) electrons. The van der Waals surface area contributed by atoms with Crippen LogP contribution in [-0.2, 0) is 0 Å². The molecule has 18 heavy (non-hydrogen) atoms. The van der Waals surface area contributed by atoms with Crippen molar-refractivity contribution >= 4 is 24.3 Å². The molecular formula is C16H16ClN. The summed E-state index contributed by atoms with van der Waals surface area (Å²) >= 11 is 0. The summed E-state index contributed by atoms with van der Waals surface area (Å²) in [6.45, 7) is 0. The Morgan fingerprint density at radius 1 is 0.889 bits per heavy atom. The van der Waals surface area contributed by atoms with E-state index in [4.69, 9.17) is 0 Å². The number of aliphatic imine (C=N–C) groups is 1. The number of fused-ring (bicyclic) bond motifs is 1. The molecule has 0 aliphatic carbocycles. The fourth-order valence-electron chi connectivity index (χ4n) is 2.49. The molecular weight excluding hydrogens is 242 g/mol. The van der Waals surface area contributed by atoms with Crippen molar-refractivity contribution < 1.29 is 0 Å². The van der Waals surface area contributed by atoms with Crippen LogP contribution in [0, 0.1) is 0 Å². The zero-order valence-electron chi connectivity index (χ0n) is 10.1. The fraction of sp³-hybridized carbons (Fsp3) is 0.188. The van der Waals surface area contributed by atoms with Gasteiger partial charge in [0.15, 0.2) is 0 Å². The van der Waals surface area contributed by atoms with E-state index in [2.05, 4.69) is 59.6 Å². The topological polar surface area (TPSA) is 12.4 Å². The van der Waals surface area contributed by atoms with Crippen molar-refractivity contribution in [1.82, 2.24) is 0 Å². The molecule has 1 aliphatic heterocycles. The minimum atomic E-state index is 0. The molecule has 92 valence electrons. The van der Waals surface area contributed by atoms with Crippen molar-refractivity contribution in [3.8, 4) is 0 Å². The van der Waals surface area contributed by atoms with E-state index in [-0.39, 0.29) is 12.4 Å². The van der Waals surface area contributed by atoms with Crippen molar-refractivity contribution in [1.29, 1.82) is 0 Å². The van der Waals surface area contributed by atoms with E-state index >= 15 is 0 Å². The highest BCUT2D eigenvalue weighted by Crippen LogP contribution is 2.36. The lowest BCUT2D eigenvalue weighted by atomic mass is 9.87. The molecule has 0 spiro atoms. The maximum Gasteiger partial charge on any atom is 0.0663 e. The molecule has 0 aromatic heterocycles. The molecule has 0 N–H and O–H groups in total. The highest BCUT2D eigenvalue weighted by atomic mass is 35.5. The number of para-hydroxylation sites is 1. The Bertz CT molecular complexity index is 534. The van der Waals surface area contributed by atoms with Gasteiger partial charge in [-0.25, -0.2) is 0 Å². The van der Waals surface area contributed by atoms with Crippen LogP contribution in [0.3, 0.4) is 0 Å². The second-order valence-corrected chi connectivity index (χ2v) is 4.41. The summed E-state index contributed by atoms with van der Waals surface area (Å²) in [6, 6.07) is 19.2. The summed E-state index contributed by atoms with van der Waals surface area (Å²) in [4.78, 5) is 4.54. The Labute approximate surface area is 114 Å². The zero-order chi connectivity index (χ0) is 11.5. The maximum atomic E-state index is 4.54. The van der Waals surface area contributed by atoms with Crippen LogP contribution in [0.1, 0.15) is 29.9 Å². The minimum Gasteiger partial charge on any atom is -0.261 e. The molecule has 0 saturated carbocycles. The van der Waals surface area contributed by atoms with Crippen molar-refractivity contribution in [2.75, 3.05) is 0 Å². The molecule has 0 fully saturated rings. The number of rotatable bonds is 1. The Morgan fingerprint density at radius 3 is 2.44 bits per heavy atom. The SMILES string of the molecule is C1=Nc2ccccc2C(c2ccccc2)CC1.Cl. The Morgan fingerprint density at radius 2 is 1.61 bits per heavy atom. The van der Waals surface area contributed by atoms with E-state index in [1.807, 2.05) is 6.21 Å². The molecule has 2 heteroatoms. The Kier molecular flexibility index (Phi) is 4.16. The first-order valence-electron chi connectivity index (χ1n) is 6.11. The van der Waals surface area contributed by atoms with Gasteiger partial charge in [0.1, 0.15) is 0 Å². The van der Waals surface area contributed by atoms with Gasteiger partial charge in [0, 0.05) is 12.1 Å². The molecule has 2 aromatic carbocycles. The largest absolute Gasteiger partial charge is 0.261 e. The molecule has 0 amide bonds. The third kappa shape index (κ3) is 2.46. The molecule has 0 bridgehead atoms. The predicted octanol–water partition coefficient (Wildman–Crippen LogP) is 4.74. The highest BCUT2D eigenvalue weighted by Gasteiger charge is 2.18. The van der Waals surface area contributed by atoms with Crippen LogP contribution < -0.4 is 0 Å². The maximum absolute atomic E-state index is 4.54. The molecule has 2 aromatic rings. The van der Waals surface area contributed by atoms with Gasteiger partial charge in [-0.2, -0.15) is 0 Å². The van der Waals surface area contributed by atoms with Crippen LogP contribution in [0.25, 0.3) is 0 Å². The standard InChI is InChI=1S/C16H15N.ClH/c1-2-7-13(8-3-1)14-10-6-12-17-16-11-5-4-9-15(14)16;/h1-5,7-9,11-12,14H,6,10H2;1H. The molecule has 1 aliphatic rings. The summed E-state index contributed by atoms with van der Waals surface area (Å²) in [5, 5.41) is 0. The normalized spacial score (nSPS) is 17.4. The predicted molar refractivity (Wildman–Crippen MR) is 79.4 cm³/mol. The zero-order valence-corrected chi connectivity index (χ0v) is 10.9. The van der Waals surface area contributed by atoms with Crippen molar-refractivity contribution in [2.24, 2.45) is 4.99 Å². The second kappa shape index (κ2) is 5.83. The lowest BCUT2D eigenvalue weighted by Gasteiger charge is -2.17. The molecule has 1 unspecified atom stereocenters. The van der Waals surface area contributed by atoms with E-state index in [9.17, 15) is 0 Å². The van der Waals surface area contributed by atoms with Crippen LogP contribution in [0.5, 0.6) is 0 Å². The van der Waals surface area contributed by atoms with Gasteiger partial charge in [-0.15, -0.1) is 12.4 Å². The smallest absolute Gasteiger partial charge is 0.0663 e. The van der Waals surface area contributed by atoms with Gasteiger partial charge in [-0.05, 0) is 30.0 Å². The first-order chi connectivity index (χ1) is 8.45. The average Bonchev–Trinajstić information content (AvgIpc) is 2.62. The molecule has 3 rings (SSSR count). The van der Waals surface area contributed by atoms with Crippen molar-refractivity contribution in [3.05, 3.63) is 65.7 Å². The molecule has 1 atom stereocenters. The third-order valence-electron chi connectivity index (χ3n) is 3.33. The van der Waals surface area contributed by atoms with Crippen molar-refractivity contribution in [3.63, 3.8) is 0 Å². The summed E-state index contributed by atoms with van der Waals surface area (Å²) in [7, 11) is 0. The average molecular weight is 258 g/mol. The van der Waals surface area contributed by atoms with E-state index in [0.29, 0.717) is 5.92 Å². The molecule has 0 saturated heterocycles. The van der Waals surface area contributed by atoms with E-state index in [1.165, 1.54) is 11.1 Å². The number of halogens is 1. The van der Waals surface area contributed by atoms with Gasteiger partial charge >= 0.3 is 0 Å². The third-order valence-corrected chi connectivity index (χ3v) is 3.33. The fourth-order valence-corrected chi connectivity index (χ4v) is 2.49. The first kappa shape index (κ1) is 12.8.